The first-order valence-electron chi connectivity index (χ1n) is 7.09. The largest absolute Gasteiger partial charge is 0.381 e. The maximum Gasteiger partial charge on any atom is 0.102 e. The lowest BCUT2D eigenvalue weighted by molar-refractivity contribution is 0.435. The summed E-state index contributed by atoms with van der Waals surface area (Å²) in [5.74, 6) is 2.44. The molecule has 0 spiro atoms. The summed E-state index contributed by atoms with van der Waals surface area (Å²) in [6.07, 6.45) is 2.49. The van der Waals surface area contributed by atoms with Gasteiger partial charge in [-0.15, -0.1) is 11.8 Å². The van der Waals surface area contributed by atoms with Crippen LogP contribution in [0.4, 0.5) is 5.69 Å². The fourth-order valence-electron chi connectivity index (χ4n) is 2.81. The van der Waals surface area contributed by atoms with E-state index in [1.54, 1.807) is 11.8 Å². The second kappa shape index (κ2) is 6.34. The highest BCUT2D eigenvalue weighted by Crippen LogP contribution is 2.35. The third-order valence-corrected chi connectivity index (χ3v) is 5.18. The fourth-order valence-corrected chi connectivity index (χ4v) is 3.60. The zero-order valence-electron chi connectivity index (χ0n) is 11.9. The van der Waals surface area contributed by atoms with Crippen LogP contribution >= 0.6 is 11.8 Å². The van der Waals surface area contributed by atoms with Gasteiger partial charge >= 0.3 is 0 Å². The van der Waals surface area contributed by atoms with Crippen LogP contribution in [0.5, 0.6) is 0 Å². The monoisotopic (exact) mass is 274 g/mol. The maximum absolute atomic E-state index is 9.41. The van der Waals surface area contributed by atoms with E-state index in [0.717, 1.165) is 27.8 Å². The Hall–Kier alpha value is -1.14. The molecule has 0 radical (unpaired) electrons. The van der Waals surface area contributed by atoms with Crippen LogP contribution < -0.4 is 5.32 Å². The minimum atomic E-state index is 0.504. The van der Waals surface area contributed by atoms with Crippen LogP contribution in [-0.2, 0) is 0 Å². The average Bonchev–Trinajstić information content (AvgIpc) is 2.72. The van der Waals surface area contributed by atoms with Crippen molar-refractivity contribution < 1.29 is 0 Å². The standard InChI is InChI=1S/C16H22N2S/c1-4-19-16-7-5-6-15(13(16)10-17)18-14-9-8-11(2)12(14)3/h5-7,11-12,14,18H,4,8-9H2,1-3H3. The molecule has 1 aliphatic carbocycles. The minimum Gasteiger partial charge on any atom is -0.381 e. The lowest BCUT2D eigenvalue weighted by atomic mass is 9.97. The van der Waals surface area contributed by atoms with Gasteiger partial charge in [0.25, 0.3) is 0 Å². The highest BCUT2D eigenvalue weighted by molar-refractivity contribution is 7.99. The van der Waals surface area contributed by atoms with Gasteiger partial charge in [-0.2, -0.15) is 5.26 Å². The molecule has 3 atom stereocenters. The molecule has 3 heteroatoms. The molecule has 0 aliphatic heterocycles. The van der Waals surface area contributed by atoms with Crippen molar-refractivity contribution in [1.82, 2.24) is 0 Å². The van der Waals surface area contributed by atoms with Crippen LogP contribution in [0.25, 0.3) is 0 Å². The molecule has 1 aliphatic rings. The van der Waals surface area contributed by atoms with Crippen LogP contribution in [0.3, 0.4) is 0 Å². The lowest BCUT2D eigenvalue weighted by Gasteiger charge is -2.22. The number of nitriles is 1. The van der Waals surface area contributed by atoms with E-state index in [2.05, 4.69) is 32.2 Å². The van der Waals surface area contributed by atoms with Crippen LogP contribution in [0.2, 0.25) is 0 Å². The summed E-state index contributed by atoms with van der Waals surface area (Å²) in [6.45, 7) is 6.75. The van der Waals surface area contributed by atoms with Crippen molar-refractivity contribution in [3.8, 4) is 6.07 Å². The Balaban J connectivity index is 2.21. The van der Waals surface area contributed by atoms with Gasteiger partial charge in [0.2, 0.25) is 0 Å². The molecular formula is C16H22N2S. The van der Waals surface area contributed by atoms with E-state index in [1.807, 2.05) is 18.2 Å². The number of thioether (sulfide) groups is 1. The minimum absolute atomic E-state index is 0.504. The molecule has 1 aromatic rings. The van der Waals surface area contributed by atoms with Crippen LogP contribution in [-0.4, -0.2) is 11.8 Å². The van der Waals surface area contributed by atoms with Gasteiger partial charge in [0.1, 0.15) is 6.07 Å². The summed E-state index contributed by atoms with van der Waals surface area (Å²) in [4.78, 5) is 1.09. The van der Waals surface area contributed by atoms with Crippen molar-refractivity contribution in [2.75, 3.05) is 11.1 Å². The summed E-state index contributed by atoms with van der Waals surface area (Å²) in [6, 6.07) is 8.99. The molecule has 0 amide bonds. The Labute approximate surface area is 120 Å². The Morgan fingerprint density at radius 2 is 2.16 bits per heavy atom. The number of nitrogens with zero attached hydrogens (tertiary/aromatic N) is 1. The molecule has 1 fully saturated rings. The summed E-state index contributed by atoms with van der Waals surface area (Å²) >= 11 is 1.74. The molecule has 0 aromatic heterocycles. The van der Waals surface area contributed by atoms with Gasteiger partial charge in [0.15, 0.2) is 0 Å². The van der Waals surface area contributed by atoms with Gasteiger partial charge < -0.3 is 5.32 Å². The highest BCUT2D eigenvalue weighted by atomic mass is 32.2. The van der Waals surface area contributed by atoms with E-state index < -0.39 is 0 Å². The second-order valence-electron chi connectivity index (χ2n) is 5.39. The van der Waals surface area contributed by atoms with E-state index in [4.69, 9.17) is 0 Å². The van der Waals surface area contributed by atoms with E-state index in [1.165, 1.54) is 12.8 Å². The quantitative estimate of drug-likeness (QED) is 0.820. The Morgan fingerprint density at radius 1 is 1.37 bits per heavy atom. The number of nitrogens with one attached hydrogen (secondary N) is 1. The third kappa shape index (κ3) is 3.06. The lowest BCUT2D eigenvalue weighted by Crippen LogP contribution is -2.24. The van der Waals surface area contributed by atoms with Crippen molar-refractivity contribution >= 4 is 17.4 Å². The third-order valence-electron chi connectivity index (χ3n) is 4.24. The molecule has 0 bridgehead atoms. The van der Waals surface area contributed by atoms with Crippen LogP contribution in [0.1, 0.15) is 39.2 Å². The van der Waals surface area contributed by atoms with Crippen LogP contribution in [0, 0.1) is 23.2 Å². The van der Waals surface area contributed by atoms with E-state index in [0.29, 0.717) is 12.0 Å². The highest BCUT2D eigenvalue weighted by Gasteiger charge is 2.30. The van der Waals surface area contributed by atoms with Gasteiger partial charge in [0.05, 0.1) is 11.3 Å². The normalized spacial score (nSPS) is 26.1. The zero-order valence-corrected chi connectivity index (χ0v) is 12.8. The van der Waals surface area contributed by atoms with Crippen molar-refractivity contribution in [1.29, 1.82) is 5.26 Å². The zero-order chi connectivity index (χ0) is 13.8. The SMILES string of the molecule is CCSc1cccc(NC2CCC(C)C2C)c1C#N. The Bertz CT molecular complexity index is 478. The van der Waals surface area contributed by atoms with Gasteiger partial charge in [-0.25, -0.2) is 0 Å². The van der Waals surface area contributed by atoms with Crippen molar-refractivity contribution in [3.05, 3.63) is 23.8 Å². The predicted molar refractivity (Wildman–Crippen MR) is 82.5 cm³/mol. The first kappa shape index (κ1) is 14.3. The number of hydrogen-bond acceptors (Lipinski definition) is 3. The average molecular weight is 274 g/mol. The van der Waals surface area contributed by atoms with Crippen molar-refractivity contribution in [2.45, 2.75) is 44.6 Å². The summed E-state index contributed by atoms with van der Waals surface area (Å²) in [7, 11) is 0. The Kier molecular flexibility index (Phi) is 4.76. The summed E-state index contributed by atoms with van der Waals surface area (Å²) in [5, 5.41) is 13.0. The second-order valence-corrected chi connectivity index (χ2v) is 6.69. The van der Waals surface area contributed by atoms with Gasteiger partial charge in [-0.1, -0.05) is 26.8 Å². The summed E-state index contributed by atoms with van der Waals surface area (Å²) in [5.41, 5.74) is 1.81. The topological polar surface area (TPSA) is 35.8 Å². The first-order valence-corrected chi connectivity index (χ1v) is 8.08. The van der Waals surface area contributed by atoms with E-state index in [-0.39, 0.29) is 0 Å². The van der Waals surface area contributed by atoms with E-state index >= 15 is 0 Å². The molecule has 1 saturated carbocycles. The predicted octanol–water partition coefficient (Wildman–Crippen LogP) is 4.52. The molecule has 0 saturated heterocycles. The molecule has 102 valence electrons. The Morgan fingerprint density at radius 3 is 2.74 bits per heavy atom. The number of rotatable bonds is 4. The van der Waals surface area contributed by atoms with Crippen molar-refractivity contribution in [3.63, 3.8) is 0 Å². The summed E-state index contributed by atoms with van der Waals surface area (Å²) < 4.78 is 0. The van der Waals surface area contributed by atoms with Gasteiger partial charge in [-0.05, 0) is 42.6 Å². The number of benzene rings is 1. The van der Waals surface area contributed by atoms with Gasteiger partial charge in [0, 0.05) is 10.9 Å². The van der Waals surface area contributed by atoms with E-state index in [9.17, 15) is 5.26 Å². The number of anilines is 1. The molecule has 1 aromatic carbocycles. The molecular weight excluding hydrogens is 252 g/mol. The first-order chi connectivity index (χ1) is 9.17. The fraction of sp³-hybridized carbons (Fsp3) is 0.562. The molecule has 3 unspecified atom stereocenters. The molecule has 1 N–H and O–H groups in total. The van der Waals surface area contributed by atoms with Crippen LogP contribution in [0.15, 0.2) is 23.1 Å². The van der Waals surface area contributed by atoms with Gasteiger partial charge in [-0.3, -0.25) is 0 Å². The molecule has 2 nitrogen and oxygen atoms in total. The molecule has 0 heterocycles. The molecule has 19 heavy (non-hydrogen) atoms. The van der Waals surface area contributed by atoms with Crippen molar-refractivity contribution in [2.24, 2.45) is 11.8 Å². The maximum atomic E-state index is 9.41. The molecule has 2 rings (SSSR count). The number of hydrogen-bond donors (Lipinski definition) is 1. The smallest absolute Gasteiger partial charge is 0.102 e.